The molecule has 1 atom stereocenters. The number of nitrogens with two attached hydrogens (primary N) is 1. The van der Waals surface area contributed by atoms with Crippen LogP contribution in [0.25, 0.3) is 27.7 Å². The Morgan fingerprint density at radius 2 is 2.00 bits per heavy atom. The van der Waals surface area contributed by atoms with Gasteiger partial charge in [0.25, 0.3) is 0 Å². The topological polar surface area (TPSA) is 101 Å². The van der Waals surface area contributed by atoms with Crippen molar-refractivity contribution in [1.82, 2.24) is 15.0 Å². The highest BCUT2D eigenvalue weighted by molar-refractivity contribution is 7.99. The Balaban J connectivity index is 1.47. The van der Waals surface area contributed by atoms with Gasteiger partial charge in [-0.2, -0.15) is 5.26 Å². The highest BCUT2D eigenvalue weighted by Gasteiger charge is 2.53. The van der Waals surface area contributed by atoms with Crippen molar-refractivity contribution in [2.75, 3.05) is 23.7 Å². The first-order valence-corrected chi connectivity index (χ1v) is 12.9. The number of pyridine rings is 1. The molecular weight excluding hydrogens is 482 g/mol. The first-order valence-electron chi connectivity index (χ1n) is 12.0. The van der Waals surface area contributed by atoms with Gasteiger partial charge in [-0.3, -0.25) is 4.98 Å². The zero-order chi connectivity index (χ0) is 24.8. The second kappa shape index (κ2) is 7.60. The number of hydrogen-bond donors (Lipinski definition) is 1. The number of fused-ring (bicyclic) bond motifs is 4. The van der Waals surface area contributed by atoms with Crippen LogP contribution in [0.15, 0.2) is 23.0 Å². The van der Waals surface area contributed by atoms with E-state index in [0.717, 1.165) is 24.8 Å². The highest BCUT2D eigenvalue weighted by Crippen LogP contribution is 2.56. The monoisotopic (exact) mass is 504 g/mol. The van der Waals surface area contributed by atoms with E-state index in [1.807, 2.05) is 0 Å². The molecule has 0 amide bonds. The molecule has 182 valence electrons. The Morgan fingerprint density at radius 3 is 2.75 bits per heavy atom. The third-order valence-electron chi connectivity index (χ3n) is 8.19. The van der Waals surface area contributed by atoms with Gasteiger partial charge in [-0.05, 0) is 35.3 Å². The van der Waals surface area contributed by atoms with E-state index in [1.165, 1.54) is 24.6 Å². The molecule has 5 heterocycles. The highest BCUT2D eigenvalue weighted by atomic mass is 32.2. The summed E-state index contributed by atoms with van der Waals surface area (Å²) in [7, 11) is 0. The van der Waals surface area contributed by atoms with Crippen LogP contribution in [0.2, 0.25) is 0 Å². The number of allylic oxidation sites excluding steroid dienone is 1. The Hall–Kier alpha value is -3.29. The van der Waals surface area contributed by atoms with Crippen LogP contribution in [-0.4, -0.2) is 33.8 Å². The van der Waals surface area contributed by atoms with E-state index in [2.05, 4.69) is 27.9 Å². The molecule has 1 spiro atoms. The molecule has 2 aromatic heterocycles. The lowest BCUT2D eigenvalue weighted by molar-refractivity contribution is 0.135. The Morgan fingerprint density at radius 1 is 1.19 bits per heavy atom. The largest absolute Gasteiger partial charge is 0.400 e. The quantitative estimate of drug-likeness (QED) is 0.543. The van der Waals surface area contributed by atoms with Crippen molar-refractivity contribution < 1.29 is 13.5 Å². The van der Waals surface area contributed by atoms with Crippen LogP contribution in [0.5, 0.6) is 0 Å². The maximum atomic E-state index is 16.5. The van der Waals surface area contributed by atoms with Crippen LogP contribution < -0.4 is 10.6 Å². The smallest absolute Gasteiger partial charge is 0.226 e. The van der Waals surface area contributed by atoms with E-state index in [0.29, 0.717) is 33.9 Å². The van der Waals surface area contributed by atoms with Crippen molar-refractivity contribution in [3.05, 3.63) is 46.4 Å². The standard InChI is InChI=1S/C26H22F2N6OS/c1-12-7-34(11-26(12)2-3-26)25-32-5-14-15-8-35-9-16(15)19(21(28)22(14)33-25)23-20-13(4-29)18(30)10-36-24(20)17(27)6-31-23/h5-6,12H,2-3,7-11,30H2,1H3. The molecule has 0 bridgehead atoms. The number of rotatable bonds is 2. The molecule has 0 radical (unpaired) electrons. The number of ether oxygens (including phenoxy) is 1. The number of anilines is 1. The first-order chi connectivity index (χ1) is 17.4. The van der Waals surface area contributed by atoms with Crippen molar-refractivity contribution in [3.8, 4) is 17.3 Å². The minimum absolute atomic E-state index is 0.127. The summed E-state index contributed by atoms with van der Waals surface area (Å²) in [5.41, 5.74) is 9.10. The minimum Gasteiger partial charge on any atom is -0.400 e. The lowest BCUT2D eigenvalue weighted by Gasteiger charge is -2.22. The molecule has 7 rings (SSSR count). The van der Waals surface area contributed by atoms with Crippen LogP contribution >= 0.6 is 11.8 Å². The van der Waals surface area contributed by atoms with Crippen molar-refractivity contribution in [2.45, 2.75) is 37.9 Å². The van der Waals surface area contributed by atoms with Gasteiger partial charge in [-0.25, -0.2) is 18.7 Å². The number of hydrogen-bond acceptors (Lipinski definition) is 8. The number of benzene rings is 1. The average molecular weight is 505 g/mol. The van der Waals surface area contributed by atoms with Gasteiger partial charge >= 0.3 is 0 Å². The van der Waals surface area contributed by atoms with Crippen molar-refractivity contribution >= 4 is 34.2 Å². The molecule has 1 aliphatic carbocycles. The van der Waals surface area contributed by atoms with Crippen LogP contribution in [0.3, 0.4) is 0 Å². The van der Waals surface area contributed by atoms with Gasteiger partial charge in [0.05, 0.1) is 35.6 Å². The second-order valence-corrected chi connectivity index (χ2v) is 11.2. The molecular formula is C26H22F2N6OS. The van der Waals surface area contributed by atoms with Gasteiger partial charge in [-0.1, -0.05) is 6.92 Å². The van der Waals surface area contributed by atoms with E-state index < -0.39 is 11.6 Å². The molecule has 1 saturated heterocycles. The van der Waals surface area contributed by atoms with Gasteiger partial charge in [0.2, 0.25) is 5.95 Å². The summed E-state index contributed by atoms with van der Waals surface area (Å²) in [4.78, 5) is 16.0. The zero-order valence-corrected chi connectivity index (χ0v) is 20.4. The fourth-order valence-electron chi connectivity index (χ4n) is 5.94. The molecule has 36 heavy (non-hydrogen) atoms. The predicted octanol–water partition coefficient (Wildman–Crippen LogP) is 4.54. The average Bonchev–Trinajstić information content (AvgIpc) is 3.37. The first kappa shape index (κ1) is 21.9. The molecule has 1 saturated carbocycles. The van der Waals surface area contributed by atoms with Crippen molar-refractivity contribution in [1.29, 1.82) is 5.26 Å². The number of thioether (sulfide) groups is 1. The van der Waals surface area contributed by atoms with E-state index in [-0.39, 0.29) is 51.8 Å². The van der Waals surface area contributed by atoms with E-state index >= 15 is 4.39 Å². The summed E-state index contributed by atoms with van der Waals surface area (Å²) in [5.74, 6) is 0.200. The van der Waals surface area contributed by atoms with Crippen LogP contribution in [0, 0.1) is 34.3 Å². The minimum atomic E-state index is -0.570. The molecule has 2 fully saturated rings. The van der Waals surface area contributed by atoms with Gasteiger partial charge in [-0.15, -0.1) is 11.8 Å². The normalized spacial score (nSPS) is 21.7. The molecule has 1 unspecified atom stereocenters. The van der Waals surface area contributed by atoms with Crippen molar-refractivity contribution in [3.63, 3.8) is 0 Å². The number of halogens is 2. The van der Waals surface area contributed by atoms with Gasteiger partial charge in [0.15, 0.2) is 11.6 Å². The number of nitrogens with zero attached hydrogens (tertiary/aromatic N) is 5. The third kappa shape index (κ3) is 2.96. The van der Waals surface area contributed by atoms with E-state index in [9.17, 15) is 9.65 Å². The zero-order valence-electron chi connectivity index (χ0n) is 19.6. The summed E-state index contributed by atoms with van der Waals surface area (Å²) in [6.07, 6.45) is 5.18. The molecule has 2 N–H and O–H groups in total. The Kier molecular flexibility index (Phi) is 4.64. The fraction of sp³-hybridized carbons (Fsp3) is 0.385. The molecule has 3 aliphatic heterocycles. The van der Waals surface area contributed by atoms with Gasteiger partial charge in [0.1, 0.15) is 11.6 Å². The molecule has 10 heteroatoms. The van der Waals surface area contributed by atoms with Gasteiger partial charge in [0, 0.05) is 47.2 Å². The SMILES string of the molecule is CC1CN(c2ncc3c4c(c(-c5ncc(F)c6c5C(C#N)=C(N)CS6)c(F)c3n2)COC4)CC12CC2. The lowest BCUT2D eigenvalue weighted by atomic mass is 9.91. The molecule has 3 aromatic rings. The maximum absolute atomic E-state index is 16.5. The maximum Gasteiger partial charge on any atom is 0.226 e. The summed E-state index contributed by atoms with van der Waals surface area (Å²) in [6, 6.07) is 2.08. The van der Waals surface area contributed by atoms with Crippen LogP contribution in [-0.2, 0) is 18.0 Å². The summed E-state index contributed by atoms with van der Waals surface area (Å²) in [5, 5.41) is 10.4. The number of nitriles is 1. The lowest BCUT2D eigenvalue weighted by Crippen LogP contribution is -2.22. The predicted molar refractivity (Wildman–Crippen MR) is 132 cm³/mol. The second-order valence-electron chi connectivity index (χ2n) is 10.2. The summed E-state index contributed by atoms with van der Waals surface area (Å²) < 4.78 is 37.0. The van der Waals surface area contributed by atoms with E-state index in [4.69, 9.17) is 15.5 Å². The Labute approximate surface area is 210 Å². The molecule has 7 nitrogen and oxygen atoms in total. The van der Waals surface area contributed by atoms with Crippen LogP contribution in [0.1, 0.15) is 36.5 Å². The summed E-state index contributed by atoms with van der Waals surface area (Å²) in [6.45, 7) is 4.43. The summed E-state index contributed by atoms with van der Waals surface area (Å²) >= 11 is 1.18. The Bertz CT molecular complexity index is 1560. The van der Waals surface area contributed by atoms with E-state index in [1.54, 1.807) is 6.20 Å². The van der Waals surface area contributed by atoms with Crippen molar-refractivity contribution in [2.24, 2.45) is 17.1 Å². The molecule has 1 aromatic carbocycles. The molecule has 4 aliphatic rings. The third-order valence-corrected chi connectivity index (χ3v) is 9.33. The van der Waals surface area contributed by atoms with Gasteiger partial charge < -0.3 is 15.4 Å². The number of aromatic nitrogens is 3. The fourth-order valence-corrected chi connectivity index (χ4v) is 6.91. The van der Waals surface area contributed by atoms with Crippen LogP contribution in [0.4, 0.5) is 14.7 Å².